The molecule has 98 valence electrons. The summed E-state index contributed by atoms with van der Waals surface area (Å²) >= 11 is 5.80. The predicted molar refractivity (Wildman–Crippen MR) is 74.0 cm³/mol. The highest BCUT2D eigenvalue weighted by molar-refractivity contribution is 6.30. The van der Waals surface area contributed by atoms with Crippen molar-refractivity contribution in [2.24, 2.45) is 0 Å². The number of benzene rings is 2. The van der Waals surface area contributed by atoms with E-state index in [2.05, 4.69) is 5.32 Å². The zero-order valence-corrected chi connectivity index (χ0v) is 11.1. The molecule has 2 aromatic rings. The van der Waals surface area contributed by atoms with E-state index in [0.717, 1.165) is 11.3 Å². The normalized spacial score (nSPS) is 11.9. The van der Waals surface area contributed by atoms with Gasteiger partial charge in [-0.1, -0.05) is 41.9 Å². The Morgan fingerprint density at radius 1 is 1.16 bits per heavy atom. The Labute approximate surface area is 116 Å². The number of aryl methyl sites for hydroxylation is 1. The molecule has 2 aromatic carbocycles. The van der Waals surface area contributed by atoms with Crippen LogP contribution in [0.5, 0.6) is 0 Å². The molecule has 0 amide bonds. The Kier molecular flexibility index (Phi) is 4.07. The lowest BCUT2D eigenvalue weighted by Crippen LogP contribution is -2.34. The first-order valence-corrected chi connectivity index (χ1v) is 6.24. The van der Waals surface area contributed by atoms with Crippen LogP contribution in [-0.2, 0) is 4.79 Å². The monoisotopic (exact) mass is 274 g/mol. The van der Waals surface area contributed by atoms with Crippen LogP contribution < -0.4 is 10.4 Å². The first-order chi connectivity index (χ1) is 9.08. The van der Waals surface area contributed by atoms with E-state index in [0.29, 0.717) is 10.6 Å². The summed E-state index contributed by atoms with van der Waals surface area (Å²) in [5, 5.41) is 14.8. The first-order valence-electron chi connectivity index (χ1n) is 5.86. The maximum absolute atomic E-state index is 11.3. The summed E-state index contributed by atoms with van der Waals surface area (Å²) in [7, 11) is 0. The van der Waals surface area contributed by atoms with Gasteiger partial charge in [0.15, 0.2) is 0 Å². The third-order valence-electron chi connectivity index (χ3n) is 2.88. The minimum atomic E-state index is -1.18. The summed E-state index contributed by atoms with van der Waals surface area (Å²) in [5.74, 6) is -1.18. The molecule has 3 nitrogen and oxygen atoms in total. The highest BCUT2D eigenvalue weighted by Gasteiger charge is 2.13. The summed E-state index contributed by atoms with van der Waals surface area (Å²) in [4.78, 5) is 11.3. The molecule has 1 atom stereocenters. The van der Waals surface area contributed by atoms with Crippen molar-refractivity contribution in [3.63, 3.8) is 0 Å². The molecule has 0 aromatic heterocycles. The van der Waals surface area contributed by atoms with Crippen LogP contribution in [0.3, 0.4) is 0 Å². The fourth-order valence-electron chi connectivity index (χ4n) is 1.82. The maximum Gasteiger partial charge on any atom is 0.0912 e. The summed E-state index contributed by atoms with van der Waals surface area (Å²) in [6, 6.07) is 13.3. The van der Waals surface area contributed by atoms with Gasteiger partial charge in [-0.3, -0.25) is 0 Å². The molecule has 0 spiro atoms. The predicted octanol–water partition coefficient (Wildman–Crippen LogP) is 2.55. The first kappa shape index (κ1) is 13.4. The van der Waals surface area contributed by atoms with Crippen molar-refractivity contribution in [2.75, 3.05) is 5.32 Å². The summed E-state index contributed by atoms with van der Waals surface area (Å²) in [6.07, 6.45) is 0. The standard InChI is InChI=1S/C15H14ClNO2/c1-10-4-2-3-5-13(10)17-14(15(18)19)11-6-8-12(16)9-7-11/h2-9,14,17H,1H3,(H,18,19)/p-1/t14-/m0/s1. The molecule has 1 N–H and O–H groups in total. The van der Waals surface area contributed by atoms with Gasteiger partial charge in [-0.05, 0) is 36.2 Å². The van der Waals surface area contributed by atoms with Crippen LogP contribution in [0.1, 0.15) is 17.2 Å². The quantitative estimate of drug-likeness (QED) is 0.932. The summed E-state index contributed by atoms with van der Waals surface area (Å²) in [5.41, 5.74) is 2.35. The topological polar surface area (TPSA) is 52.2 Å². The van der Waals surface area contributed by atoms with Gasteiger partial charge in [0.25, 0.3) is 0 Å². The fraction of sp³-hybridized carbons (Fsp3) is 0.133. The second-order valence-corrected chi connectivity index (χ2v) is 4.70. The number of halogens is 1. The van der Waals surface area contributed by atoms with Crippen molar-refractivity contribution in [2.45, 2.75) is 13.0 Å². The fourth-order valence-corrected chi connectivity index (χ4v) is 1.95. The van der Waals surface area contributed by atoms with Crippen LogP contribution in [0.25, 0.3) is 0 Å². The average Bonchev–Trinajstić information content (AvgIpc) is 2.39. The zero-order chi connectivity index (χ0) is 13.8. The third kappa shape index (κ3) is 3.26. The van der Waals surface area contributed by atoms with Crippen LogP contribution in [-0.4, -0.2) is 5.97 Å². The van der Waals surface area contributed by atoms with E-state index in [1.54, 1.807) is 24.3 Å². The van der Waals surface area contributed by atoms with Gasteiger partial charge in [-0.25, -0.2) is 0 Å². The molecule has 0 fully saturated rings. The van der Waals surface area contributed by atoms with Crippen molar-refractivity contribution >= 4 is 23.3 Å². The van der Waals surface area contributed by atoms with Crippen molar-refractivity contribution in [3.8, 4) is 0 Å². The maximum atomic E-state index is 11.3. The van der Waals surface area contributed by atoms with E-state index in [9.17, 15) is 9.90 Å². The summed E-state index contributed by atoms with van der Waals surface area (Å²) < 4.78 is 0. The lowest BCUT2D eigenvalue weighted by molar-refractivity contribution is -0.307. The van der Waals surface area contributed by atoms with E-state index in [1.807, 2.05) is 31.2 Å². The minimum absolute atomic E-state index is 0.566. The second-order valence-electron chi connectivity index (χ2n) is 4.26. The molecule has 4 heteroatoms. The molecule has 0 aliphatic carbocycles. The molecule has 0 heterocycles. The lowest BCUT2D eigenvalue weighted by Gasteiger charge is -2.22. The van der Waals surface area contributed by atoms with Gasteiger partial charge >= 0.3 is 0 Å². The van der Waals surface area contributed by atoms with Crippen molar-refractivity contribution in [1.82, 2.24) is 0 Å². The van der Waals surface area contributed by atoms with Gasteiger partial charge in [0.2, 0.25) is 0 Å². The molecule has 2 rings (SSSR count). The highest BCUT2D eigenvalue weighted by Crippen LogP contribution is 2.23. The number of anilines is 1. The van der Waals surface area contributed by atoms with E-state index in [4.69, 9.17) is 11.6 Å². The molecule has 0 aliphatic rings. The number of carbonyl (C=O) groups excluding carboxylic acids is 1. The number of para-hydroxylation sites is 1. The van der Waals surface area contributed by atoms with Gasteiger partial charge in [0, 0.05) is 10.7 Å². The van der Waals surface area contributed by atoms with Crippen LogP contribution in [0.15, 0.2) is 48.5 Å². The second kappa shape index (κ2) is 5.76. The number of carboxylic acid groups (broad SMARTS) is 1. The number of aliphatic carboxylic acids is 1. The lowest BCUT2D eigenvalue weighted by atomic mass is 10.1. The van der Waals surface area contributed by atoms with Crippen LogP contribution >= 0.6 is 11.6 Å². The molecule has 0 saturated carbocycles. The highest BCUT2D eigenvalue weighted by atomic mass is 35.5. The molecular formula is C15H13ClNO2-. The Hall–Kier alpha value is -2.00. The van der Waals surface area contributed by atoms with Gasteiger partial charge in [0.05, 0.1) is 12.0 Å². The number of carbonyl (C=O) groups is 1. The Morgan fingerprint density at radius 2 is 1.79 bits per heavy atom. The van der Waals surface area contributed by atoms with Crippen LogP contribution in [0.4, 0.5) is 5.69 Å². The third-order valence-corrected chi connectivity index (χ3v) is 3.14. The van der Waals surface area contributed by atoms with Gasteiger partial charge < -0.3 is 15.2 Å². The number of carboxylic acids is 1. The van der Waals surface area contributed by atoms with Gasteiger partial charge in [-0.15, -0.1) is 0 Å². The molecule has 0 saturated heterocycles. The molecule has 0 aliphatic heterocycles. The van der Waals surface area contributed by atoms with E-state index in [-0.39, 0.29) is 0 Å². The largest absolute Gasteiger partial charge is 0.548 e. The van der Waals surface area contributed by atoms with Crippen molar-refractivity contribution in [3.05, 3.63) is 64.7 Å². The molecule has 0 radical (unpaired) electrons. The Balaban J connectivity index is 2.29. The number of nitrogens with one attached hydrogen (secondary N) is 1. The zero-order valence-electron chi connectivity index (χ0n) is 10.4. The number of rotatable bonds is 4. The minimum Gasteiger partial charge on any atom is -0.548 e. The number of hydrogen-bond donors (Lipinski definition) is 1. The Bertz CT molecular complexity index is 581. The van der Waals surface area contributed by atoms with Crippen LogP contribution in [0.2, 0.25) is 5.02 Å². The van der Waals surface area contributed by atoms with Gasteiger partial charge in [-0.2, -0.15) is 0 Å². The Morgan fingerprint density at radius 3 is 2.37 bits per heavy atom. The smallest absolute Gasteiger partial charge is 0.0912 e. The average molecular weight is 275 g/mol. The number of hydrogen-bond acceptors (Lipinski definition) is 3. The SMILES string of the molecule is Cc1ccccc1N[C@H](C(=O)[O-])c1ccc(Cl)cc1. The molecule has 0 unspecified atom stereocenters. The van der Waals surface area contributed by atoms with E-state index >= 15 is 0 Å². The van der Waals surface area contributed by atoms with Crippen LogP contribution in [0, 0.1) is 6.92 Å². The molecular weight excluding hydrogens is 262 g/mol. The van der Waals surface area contributed by atoms with E-state index in [1.165, 1.54) is 0 Å². The molecule has 19 heavy (non-hydrogen) atoms. The van der Waals surface area contributed by atoms with Crippen molar-refractivity contribution in [1.29, 1.82) is 0 Å². The van der Waals surface area contributed by atoms with Gasteiger partial charge in [0.1, 0.15) is 0 Å². The van der Waals surface area contributed by atoms with E-state index < -0.39 is 12.0 Å². The molecule has 0 bridgehead atoms. The van der Waals surface area contributed by atoms with Crippen molar-refractivity contribution < 1.29 is 9.90 Å². The summed E-state index contributed by atoms with van der Waals surface area (Å²) in [6.45, 7) is 1.91.